The van der Waals surface area contributed by atoms with Gasteiger partial charge in [-0.1, -0.05) is 42.0 Å². The van der Waals surface area contributed by atoms with Crippen molar-refractivity contribution >= 4 is 9.84 Å². The van der Waals surface area contributed by atoms with Gasteiger partial charge in [0.25, 0.3) is 0 Å². The number of aryl methyl sites for hydroxylation is 1. The number of hydrogen-bond donors (Lipinski definition) is 0. The van der Waals surface area contributed by atoms with Gasteiger partial charge in [0.15, 0.2) is 9.84 Å². The normalized spacial score (nSPS) is 23.1. The van der Waals surface area contributed by atoms with Crippen molar-refractivity contribution in [1.29, 1.82) is 0 Å². The van der Waals surface area contributed by atoms with Crippen molar-refractivity contribution in [2.24, 2.45) is 0 Å². The summed E-state index contributed by atoms with van der Waals surface area (Å²) in [7, 11) is -2.90. The Morgan fingerprint density at radius 1 is 1.25 bits per heavy atom. The summed E-state index contributed by atoms with van der Waals surface area (Å²) in [5, 5.41) is -0.271. The molecule has 1 atom stereocenters. The van der Waals surface area contributed by atoms with Crippen LogP contribution in [0.25, 0.3) is 0 Å². The Morgan fingerprint density at radius 2 is 1.94 bits per heavy atom. The third-order valence-corrected chi connectivity index (χ3v) is 5.07. The van der Waals surface area contributed by atoms with Crippen molar-refractivity contribution in [3.63, 3.8) is 0 Å². The summed E-state index contributed by atoms with van der Waals surface area (Å²) in [5.41, 5.74) is 2.19. The molecule has 1 aliphatic rings. The van der Waals surface area contributed by atoms with Crippen LogP contribution in [0.15, 0.2) is 42.0 Å². The second-order valence-electron chi connectivity index (χ2n) is 4.38. The maximum atomic E-state index is 11.7. The molecule has 1 heterocycles. The lowest BCUT2D eigenvalue weighted by Gasteiger charge is -2.07. The first-order valence-electron chi connectivity index (χ1n) is 5.51. The number of rotatable bonds is 3. The van der Waals surface area contributed by atoms with E-state index in [1.54, 1.807) is 0 Å². The van der Waals surface area contributed by atoms with Gasteiger partial charge in [0.1, 0.15) is 0 Å². The monoisotopic (exact) mass is 236 g/mol. The van der Waals surface area contributed by atoms with Crippen molar-refractivity contribution in [1.82, 2.24) is 0 Å². The zero-order valence-electron chi connectivity index (χ0n) is 9.39. The van der Waals surface area contributed by atoms with Crippen molar-refractivity contribution in [3.8, 4) is 0 Å². The van der Waals surface area contributed by atoms with E-state index in [1.807, 2.05) is 43.3 Å². The summed E-state index contributed by atoms with van der Waals surface area (Å²) in [6.45, 7) is 1.89. The highest BCUT2D eigenvalue weighted by Crippen LogP contribution is 2.22. The summed E-state index contributed by atoms with van der Waals surface area (Å²) >= 11 is 0. The van der Waals surface area contributed by atoms with Crippen molar-refractivity contribution < 1.29 is 8.42 Å². The molecule has 0 amide bonds. The van der Waals surface area contributed by atoms with Gasteiger partial charge < -0.3 is 0 Å². The molecule has 0 fully saturated rings. The van der Waals surface area contributed by atoms with E-state index < -0.39 is 9.84 Å². The van der Waals surface area contributed by atoms with Crippen LogP contribution in [-0.4, -0.2) is 19.4 Å². The summed E-state index contributed by atoms with van der Waals surface area (Å²) in [6.07, 6.45) is 3.43. The Kier molecular flexibility index (Phi) is 3.15. The lowest BCUT2D eigenvalue weighted by molar-refractivity contribution is 0.589. The van der Waals surface area contributed by atoms with Crippen LogP contribution in [0.3, 0.4) is 0 Å². The van der Waals surface area contributed by atoms with E-state index in [2.05, 4.69) is 0 Å². The molecule has 16 heavy (non-hydrogen) atoms. The zero-order chi connectivity index (χ0) is 11.6. The molecule has 0 N–H and O–H groups in total. The predicted octanol–water partition coefficient (Wildman–Crippen LogP) is 2.36. The maximum Gasteiger partial charge on any atom is 0.160 e. The van der Waals surface area contributed by atoms with Gasteiger partial charge in [0.05, 0.1) is 11.0 Å². The van der Waals surface area contributed by atoms with E-state index in [0.717, 1.165) is 12.0 Å². The van der Waals surface area contributed by atoms with Crippen LogP contribution in [0.4, 0.5) is 0 Å². The van der Waals surface area contributed by atoms with Crippen molar-refractivity contribution in [2.45, 2.75) is 25.0 Å². The second-order valence-corrected chi connectivity index (χ2v) is 6.60. The van der Waals surface area contributed by atoms with Crippen LogP contribution < -0.4 is 0 Å². The van der Waals surface area contributed by atoms with Gasteiger partial charge in [-0.05, 0) is 25.3 Å². The average Bonchev–Trinajstić information content (AvgIpc) is 2.50. The molecule has 0 spiro atoms. The molecule has 3 heteroatoms. The minimum atomic E-state index is -2.90. The van der Waals surface area contributed by atoms with E-state index in [-0.39, 0.29) is 11.0 Å². The van der Waals surface area contributed by atoms with Gasteiger partial charge >= 0.3 is 0 Å². The molecule has 2 rings (SSSR count). The number of sulfone groups is 1. The van der Waals surface area contributed by atoms with Gasteiger partial charge in [0, 0.05) is 0 Å². The molecule has 0 saturated carbocycles. The summed E-state index contributed by atoms with van der Waals surface area (Å²) in [4.78, 5) is 0. The van der Waals surface area contributed by atoms with E-state index >= 15 is 0 Å². The van der Waals surface area contributed by atoms with Gasteiger partial charge in [-0.2, -0.15) is 0 Å². The van der Waals surface area contributed by atoms with Crippen LogP contribution >= 0.6 is 0 Å². The second kappa shape index (κ2) is 4.42. The quantitative estimate of drug-likeness (QED) is 0.755. The molecule has 0 aromatic heterocycles. The summed E-state index contributed by atoms with van der Waals surface area (Å²) in [6, 6.07) is 10.0. The summed E-state index contributed by atoms with van der Waals surface area (Å²) in [5.74, 6) is 0.243. The first kappa shape index (κ1) is 11.4. The summed E-state index contributed by atoms with van der Waals surface area (Å²) < 4.78 is 23.5. The van der Waals surface area contributed by atoms with Crippen LogP contribution in [0.5, 0.6) is 0 Å². The van der Waals surface area contributed by atoms with E-state index in [9.17, 15) is 8.42 Å². The first-order chi connectivity index (χ1) is 7.58. The third kappa shape index (κ3) is 2.53. The van der Waals surface area contributed by atoms with Gasteiger partial charge in [-0.25, -0.2) is 8.42 Å². The molecular weight excluding hydrogens is 220 g/mol. The third-order valence-electron chi connectivity index (χ3n) is 2.92. The van der Waals surface area contributed by atoms with Gasteiger partial charge in [-0.15, -0.1) is 0 Å². The fourth-order valence-electron chi connectivity index (χ4n) is 2.11. The van der Waals surface area contributed by atoms with Crippen molar-refractivity contribution in [2.75, 3.05) is 5.75 Å². The maximum absolute atomic E-state index is 11.7. The average molecular weight is 236 g/mol. The Morgan fingerprint density at radius 3 is 2.50 bits per heavy atom. The van der Waals surface area contributed by atoms with Crippen LogP contribution in [0.1, 0.15) is 18.9 Å². The van der Waals surface area contributed by atoms with Crippen LogP contribution in [0, 0.1) is 0 Å². The van der Waals surface area contributed by atoms with Crippen LogP contribution in [-0.2, 0) is 16.3 Å². The van der Waals surface area contributed by atoms with Crippen molar-refractivity contribution in [3.05, 3.63) is 47.5 Å². The first-order valence-corrected chi connectivity index (χ1v) is 7.22. The van der Waals surface area contributed by atoms with Gasteiger partial charge in [-0.3, -0.25) is 0 Å². The SMILES string of the molecule is CC1=CC(CCc2ccccc2)S(=O)(=O)C1. The molecule has 1 aliphatic heterocycles. The molecule has 86 valence electrons. The number of hydrogen-bond acceptors (Lipinski definition) is 2. The van der Waals surface area contributed by atoms with E-state index in [0.29, 0.717) is 6.42 Å². The largest absolute Gasteiger partial charge is 0.228 e. The Labute approximate surface area is 96.9 Å². The highest BCUT2D eigenvalue weighted by Gasteiger charge is 2.29. The molecule has 0 bridgehead atoms. The molecule has 1 unspecified atom stereocenters. The molecule has 1 aromatic carbocycles. The van der Waals surface area contributed by atoms with Gasteiger partial charge in [0.2, 0.25) is 0 Å². The highest BCUT2D eigenvalue weighted by atomic mass is 32.2. The van der Waals surface area contributed by atoms with E-state index in [1.165, 1.54) is 5.56 Å². The molecule has 0 aliphatic carbocycles. The Hall–Kier alpha value is -1.09. The highest BCUT2D eigenvalue weighted by molar-refractivity contribution is 7.92. The Bertz CT molecular complexity index is 486. The standard InChI is InChI=1S/C13H16O2S/c1-11-9-13(16(14,15)10-11)8-7-12-5-3-2-4-6-12/h2-6,9,13H,7-8,10H2,1H3. The molecule has 1 aromatic rings. The topological polar surface area (TPSA) is 34.1 Å². The van der Waals surface area contributed by atoms with Crippen LogP contribution in [0.2, 0.25) is 0 Å². The lowest BCUT2D eigenvalue weighted by Crippen LogP contribution is -2.17. The number of benzene rings is 1. The lowest BCUT2D eigenvalue weighted by atomic mass is 10.1. The molecule has 0 radical (unpaired) electrons. The Balaban J connectivity index is 2.02. The van der Waals surface area contributed by atoms with E-state index in [4.69, 9.17) is 0 Å². The minimum absolute atomic E-state index is 0.243. The fraction of sp³-hybridized carbons (Fsp3) is 0.385. The fourth-order valence-corrected chi connectivity index (χ4v) is 3.97. The minimum Gasteiger partial charge on any atom is -0.228 e. The molecule has 0 saturated heterocycles. The predicted molar refractivity (Wildman–Crippen MR) is 66.1 cm³/mol. The molecule has 2 nitrogen and oxygen atoms in total. The smallest absolute Gasteiger partial charge is 0.160 e. The molecular formula is C13H16O2S. The zero-order valence-corrected chi connectivity index (χ0v) is 10.2.